The molecule has 6 heteroatoms. The van der Waals surface area contributed by atoms with E-state index in [1.54, 1.807) is 6.20 Å². The van der Waals surface area contributed by atoms with Crippen LogP contribution in [0.4, 0.5) is 5.82 Å². The van der Waals surface area contributed by atoms with Gasteiger partial charge in [0.1, 0.15) is 0 Å². The highest BCUT2D eigenvalue weighted by Gasteiger charge is 2.20. The number of fused-ring (bicyclic) bond motifs is 3. The first-order valence-corrected chi connectivity index (χ1v) is 9.50. The topological polar surface area (TPSA) is 79.9 Å². The molecule has 2 N–H and O–H groups in total. The van der Waals surface area contributed by atoms with Gasteiger partial charge < -0.3 is 10.1 Å². The van der Waals surface area contributed by atoms with Crippen LogP contribution in [0.3, 0.4) is 0 Å². The number of amides is 1. The second kappa shape index (κ2) is 7.05. The average Bonchev–Trinajstić information content (AvgIpc) is 3.22. The molecule has 2 aromatic carbocycles. The third-order valence-corrected chi connectivity index (χ3v) is 5.36. The van der Waals surface area contributed by atoms with Crippen LogP contribution < -0.4 is 5.32 Å². The van der Waals surface area contributed by atoms with Crippen LogP contribution in [0, 0.1) is 0 Å². The molecule has 6 nitrogen and oxygen atoms in total. The third kappa shape index (κ3) is 3.01. The zero-order chi connectivity index (χ0) is 18.9. The van der Waals surface area contributed by atoms with Crippen LogP contribution in [0.15, 0.2) is 54.7 Å². The molecule has 0 unspecified atom stereocenters. The first-order valence-electron chi connectivity index (χ1n) is 9.50. The molecule has 1 aliphatic heterocycles. The normalized spacial score (nSPS) is 15.1. The highest BCUT2D eigenvalue weighted by atomic mass is 16.5. The number of hydrogen-bond acceptors (Lipinski definition) is 4. The molecule has 0 radical (unpaired) electrons. The minimum atomic E-state index is -0.209. The Kier molecular flexibility index (Phi) is 4.25. The second-order valence-corrected chi connectivity index (χ2v) is 7.09. The van der Waals surface area contributed by atoms with Crippen molar-refractivity contribution >= 4 is 33.4 Å². The number of nitrogens with one attached hydrogen (secondary N) is 2. The lowest BCUT2D eigenvalue weighted by Crippen LogP contribution is -2.14. The van der Waals surface area contributed by atoms with Gasteiger partial charge in [0.05, 0.1) is 11.1 Å². The number of carbonyl (C=O) groups is 1. The first-order chi connectivity index (χ1) is 13.8. The average molecular weight is 372 g/mol. The highest BCUT2D eigenvalue weighted by molar-refractivity contribution is 6.18. The summed E-state index contributed by atoms with van der Waals surface area (Å²) in [7, 11) is 0. The van der Waals surface area contributed by atoms with E-state index in [-0.39, 0.29) is 5.91 Å². The molecule has 140 valence electrons. The van der Waals surface area contributed by atoms with Crippen LogP contribution in [-0.4, -0.2) is 34.3 Å². The number of aromatic amines is 1. The Bertz CT molecular complexity index is 1160. The standard InChI is InChI=1S/C22H20N4O2/c27-22(24-20-13-19(25-26-20)14-7-10-28-11-8-14)18-12-15-4-1-2-5-16(15)17-6-3-9-23-21(17)18/h1-6,9,12-14H,7-8,10-11H2,(H2,24,25,26,27). The lowest BCUT2D eigenvalue weighted by Gasteiger charge is -2.20. The minimum absolute atomic E-state index is 0.209. The summed E-state index contributed by atoms with van der Waals surface area (Å²) in [4.78, 5) is 17.5. The highest BCUT2D eigenvalue weighted by Crippen LogP contribution is 2.29. The summed E-state index contributed by atoms with van der Waals surface area (Å²) in [6.45, 7) is 1.53. The molecule has 1 fully saturated rings. The van der Waals surface area contributed by atoms with Crippen LogP contribution in [-0.2, 0) is 4.74 Å². The van der Waals surface area contributed by atoms with Crippen LogP contribution in [0.5, 0.6) is 0 Å². The number of nitrogens with zero attached hydrogens (tertiary/aromatic N) is 2. The molecule has 2 aromatic heterocycles. The molecule has 0 bridgehead atoms. The fourth-order valence-electron chi connectivity index (χ4n) is 3.90. The Morgan fingerprint density at radius 2 is 1.89 bits per heavy atom. The van der Waals surface area contributed by atoms with Gasteiger partial charge in [0.25, 0.3) is 5.91 Å². The third-order valence-electron chi connectivity index (χ3n) is 5.36. The molecule has 28 heavy (non-hydrogen) atoms. The Morgan fingerprint density at radius 3 is 2.79 bits per heavy atom. The van der Waals surface area contributed by atoms with E-state index in [1.165, 1.54) is 0 Å². The predicted octanol–water partition coefficient (Wildman–Crippen LogP) is 4.26. The van der Waals surface area contributed by atoms with E-state index in [4.69, 9.17) is 4.74 Å². The first kappa shape index (κ1) is 16.9. The number of ether oxygens (including phenoxy) is 1. The molecule has 1 saturated heterocycles. The summed E-state index contributed by atoms with van der Waals surface area (Å²) in [6, 6.07) is 15.7. The van der Waals surface area contributed by atoms with Crippen LogP contribution >= 0.6 is 0 Å². The van der Waals surface area contributed by atoms with Crippen molar-refractivity contribution in [3.63, 3.8) is 0 Å². The Labute approximate surface area is 161 Å². The molecule has 4 aromatic rings. The van der Waals surface area contributed by atoms with E-state index in [9.17, 15) is 4.79 Å². The number of aromatic nitrogens is 3. The molecular formula is C22H20N4O2. The number of H-pyrrole nitrogens is 1. The molecule has 5 rings (SSSR count). The van der Waals surface area contributed by atoms with E-state index in [1.807, 2.05) is 42.5 Å². The van der Waals surface area contributed by atoms with E-state index in [0.717, 1.165) is 47.9 Å². The zero-order valence-electron chi connectivity index (χ0n) is 15.3. The SMILES string of the molecule is O=C(Nc1cc(C2CCOCC2)[nH]n1)c1cc2ccccc2c2cccnc12. The largest absolute Gasteiger partial charge is 0.381 e. The summed E-state index contributed by atoms with van der Waals surface area (Å²) in [5.41, 5.74) is 2.28. The molecule has 0 aliphatic carbocycles. The molecule has 3 heterocycles. The maximum absolute atomic E-state index is 13.0. The van der Waals surface area contributed by atoms with Crippen LogP contribution in [0.25, 0.3) is 21.7 Å². The van der Waals surface area contributed by atoms with Crippen molar-refractivity contribution in [2.75, 3.05) is 18.5 Å². The van der Waals surface area contributed by atoms with Gasteiger partial charge in [0.2, 0.25) is 0 Å². The molecule has 1 aliphatic rings. The minimum Gasteiger partial charge on any atom is -0.381 e. The Hall–Kier alpha value is -3.25. The van der Waals surface area contributed by atoms with Crippen molar-refractivity contribution < 1.29 is 9.53 Å². The Balaban J connectivity index is 1.48. The van der Waals surface area contributed by atoms with Gasteiger partial charge in [-0.1, -0.05) is 30.3 Å². The molecule has 0 saturated carbocycles. The van der Waals surface area contributed by atoms with Crippen molar-refractivity contribution in [1.29, 1.82) is 0 Å². The second-order valence-electron chi connectivity index (χ2n) is 7.09. The lowest BCUT2D eigenvalue weighted by atomic mass is 9.97. The van der Waals surface area contributed by atoms with Gasteiger partial charge in [-0.15, -0.1) is 0 Å². The zero-order valence-corrected chi connectivity index (χ0v) is 15.3. The maximum atomic E-state index is 13.0. The summed E-state index contributed by atoms with van der Waals surface area (Å²) in [5.74, 6) is 0.721. The van der Waals surface area contributed by atoms with Gasteiger partial charge in [-0.25, -0.2) is 0 Å². The van der Waals surface area contributed by atoms with Crippen molar-refractivity contribution in [2.45, 2.75) is 18.8 Å². The van der Waals surface area contributed by atoms with Gasteiger partial charge in [0, 0.05) is 42.5 Å². The van der Waals surface area contributed by atoms with Crippen LogP contribution in [0.2, 0.25) is 0 Å². The quantitative estimate of drug-likeness (QED) is 0.527. The summed E-state index contributed by atoms with van der Waals surface area (Å²) in [6.07, 6.45) is 3.65. The molecule has 1 amide bonds. The van der Waals surface area contributed by atoms with Gasteiger partial charge in [-0.3, -0.25) is 14.9 Å². The van der Waals surface area contributed by atoms with Crippen LogP contribution in [0.1, 0.15) is 34.8 Å². The fourth-order valence-corrected chi connectivity index (χ4v) is 3.90. The molecular weight excluding hydrogens is 352 g/mol. The van der Waals surface area contributed by atoms with E-state index < -0.39 is 0 Å². The lowest BCUT2D eigenvalue weighted by molar-refractivity contribution is 0.0845. The van der Waals surface area contributed by atoms with Gasteiger partial charge in [-0.2, -0.15) is 5.10 Å². The number of carbonyl (C=O) groups excluding carboxylic acids is 1. The summed E-state index contributed by atoms with van der Waals surface area (Å²) < 4.78 is 5.42. The van der Waals surface area contributed by atoms with E-state index in [2.05, 4.69) is 26.6 Å². The van der Waals surface area contributed by atoms with Crippen molar-refractivity contribution in [2.24, 2.45) is 0 Å². The van der Waals surface area contributed by atoms with Gasteiger partial charge >= 0.3 is 0 Å². The predicted molar refractivity (Wildman–Crippen MR) is 109 cm³/mol. The number of pyridine rings is 1. The maximum Gasteiger partial charge on any atom is 0.259 e. The van der Waals surface area contributed by atoms with Crippen molar-refractivity contribution in [1.82, 2.24) is 15.2 Å². The van der Waals surface area contributed by atoms with Gasteiger partial charge in [-0.05, 0) is 35.7 Å². The fraction of sp³-hybridized carbons (Fsp3) is 0.227. The van der Waals surface area contributed by atoms with E-state index >= 15 is 0 Å². The summed E-state index contributed by atoms with van der Waals surface area (Å²) >= 11 is 0. The monoisotopic (exact) mass is 372 g/mol. The number of rotatable bonds is 3. The van der Waals surface area contributed by atoms with Crippen molar-refractivity contribution in [3.8, 4) is 0 Å². The number of benzene rings is 2. The summed E-state index contributed by atoms with van der Waals surface area (Å²) in [5, 5.41) is 13.3. The number of hydrogen-bond donors (Lipinski definition) is 2. The number of anilines is 1. The van der Waals surface area contributed by atoms with Gasteiger partial charge in [0.15, 0.2) is 5.82 Å². The molecule has 0 atom stereocenters. The Morgan fingerprint density at radius 1 is 1.07 bits per heavy atom. The van der Waals surface area contributed by atoms with E-state index in [0.29, 0.717) is 22.8 Å². The smallest absolute Gasteiger partial charge is 0.259 e. The molecule has 0 spiro atoms. The van der Waals surface area contributed by atoms with Crippen molar-refractivity contribution in [3.05, 3.63) is 66.0 Å².